The molecule has 1 aromatic carbocycles. The molecular weight excluding hydrogens is 248 g/mol. The molecule has 0 radical (unpaired) electrons. The predicted molar refractivity (Wildman–Crippen MR) is 67.3 cm³/mol. The summed E-state index contributed by atoms with van der Waals surface area (Å²) in [6, 6.07) is 7.90. The van der Waals surface area contributed by atoms with E-state index in [2.05, 4.69) is 5.10 Å². The second kappa shape index (κ2) is 5.43. The number of carboxylic acids is 1. The van der Waals surface area contributed by atoms with Gasteiger partial charge >= 0.3 is 5.97 Å². The van der Waals surface area contributed by atoms with Crippen LogP contribution in [0, 0.1) is 0 Å². The molecular formula is C13H14N2O4. The Morgan fingerprint density at radius 3 is 2.84 bits per heavy atom. The molecule has 0 atom stereocenters. The number of ether oxygens (including phenoxy) is 1. The van der Waals surface area contributed by atoms with Crippen LogP contribution >= 0.6 is 0 Å². The first kappa shape index (κ1) is 12.9. The van der Waals surface area contributed by atoms with E-state index in [4.69, 9.17) is 9.84 Å². The molecule has 0 bridgehead atoms. The van der Waals surface area contributed by atoms with Crippen LogP contribution in [0.15, 0.2) is 30.3 Å². The summed E-state index contributed by atoms with van der Waals surface area (Å²) >= 11 is 0. The van der Waals surface area contributed by atoms with Crippen molar-refractivity contribution < 1.29 is 19.7 Å². The lowest BCUT2D eigenvalue weighted by molar-refractivity contribution is 0.0689. The van der Waals surface area contributed by atoms with Gasteiger partial charge < -0.3 is 14.9 Å². The van der Waals surface area contributed by atoms with Crippen LogP contribution in [-0.4, -0.2) is 26.0 Å². The number of nitrogens with zero attached hydrogens (tertiary/aromatic N) is 2. The van der Waals surface area contributed by atoms with E-state index in [9.17, 15) is 9.90 Å². The number of hydrogen-bond donors (Lipinski definition) is 2. The Bertz CT molecular complexity index is 592. The van der Waals surface area contributed by atoms with Crippen molar-refractivity contribution in [2.24, 2.45) is 0 Å². The molecule has 1 heterocycles. The van der Waals surface area contributed by atoms with E-state index in [1.54, 1.807) is 22.9 Å². The van der Waals surface area contributed by atoms with Gasteiger partial charge in [0.1, 0.15) is 18.1 Å². The van der Waals surface area contributed by atoms with E-state index in [0.29, 0.717) is 18.0 Å². The van der Waals surface area contributed by atoms with Gasteiger partial charge in [-0.15, -0.1) is 0 Å². The SMILES string of the molecule is CCn1nc(C(=O)O)cc1COc1cccc(O)c1. The van der Waals surface area contributed by atoms with Gasteiger partial charge in [-0.1, -0.05) is 6.07 Å². The topological polar surface area (TPSA) is 84.6 Å². The molecule has 2 aromatic rings. The van der Waals surface area contributed by atoms with E-state index >= 15 is 0 Å². The Morgan fingerprint density at radius 1 is 1.42 bits per heavy atom. The summed E-state index contributed by atoms with van der Waals surface area (Å²) in [6.45, 7) is 2.63. The van der Waals surface area contributed by atoms with Gasteiger partial charge in [-0.05, 0) is 25.1 Å². The van der Waals surface area contributed by atoms with Crippen LogP contribution in [0.4, 0.5) is 0 Å². The lowest BCUT2D eigenvalue weighted by Gasteiger charge is -2.07. The van der Waals surface area contributed by atoms with Crippen molar-refractivity contribution in [3.05, 3.63) is 41.7 Å². The Kier molecular flexibility index (Phi) is 3.70. The third-order valence-electron chi connectivity index (χ3n) is 2.59. The number of aromatic nitrogens is 2. The molecule has 0 spiro atoms. The van der Waals surface area contributed by atoms with Crippen molar-refractivity contribution in [3.8, 4) is 11.5 Å². The first-order valence-electron chi connectivity index (χ1n) is 5.82. The van der Waals surface area contributed by atoms with E-state index in [1.807, 2.05) is 6.92 Å². The average Bonchev–Trinajstić information content (AvgIpc) is 2.80. The highest BCUT2D eigenvalue weighted by Crippen LogP contribution is 2.19. The van der Waals surface area contributed by atoms with E-state index in [1.165, 1.54) is 12.1 Å². The Hall–Kier alpha value is -2.50. The van der Waals surface area contributed by atoms with Crippen LogP contribution in [0.3, 0.4) is 0 Å². The highest BCUT2D eigenvalue weighted by atomic mass is 16.5. The molecule has 0 aliphatic rings. The van der Waals surface area contributed by atoms with Crippen molar-refractivity contribution in [1.29, 1.82) is 0 Å². The third-order valence-corrected chi connectivity index (χ3v) is 2.59. The molecule has 0 saturated carbocycles. The van der Waals surface area contributed by atoms with Crippen molar-refractivity contribution in [2.45, 2.75) is 20.1 Å². The first-order chi connectivity index (χ1) is 9.10. The lowest BCUT2D eigenvalue weighted by atomic mass is 10.3. The third kappa shape index (κ3) is 3.04. The molecule has 0 fully saturated rings. The number of aromatic carboxylic acids is 1. The molecule has 19 heavy (non-hydrogen) atoms. The molecule has 1 aromatic heterocycles. The van der Waals surface area contributed by atoms with Crippen molar-refractivity contribution in [1.82, 2.24) is 9.78 Å². The Balaban J connectivity index is 2.12. The van der Waals surface area contributed by atoms with Gasteiger partial charge in [0.2, 0.25) is 0 Å². The number of hydrogen-bond acceptors (Lipinski definition) is 4. The van der Waals surface area contributed by atoms with Gasteiger partial charge in [0.25, 0.3) is 0 Å². The van der Waals surface area contributed by atoms with Crippen LogP contribution in [0.25, 0.3) is 0 Å². The number of rotatable bonds is 5. The maximum absolute atomic E-state index is 10.9. The summed E-state index contributed by atoms with van der Waals surface area (Å²) in [6.07, 6.45) is 0. The zero-order valence-electron chi connectivity index (χ0n) is 10.4. The molecule has 2 N–H and O–H groups in total. The van der Waals surface area contributed by atoms with E-state index in [0.717, 1.165) is 0 Å². The fraction of sp³-hybridized carbons (Fsp3) is 0.231. The number of carbonyl (C=O) groups is 1. The number of carboxylic acid groups (broad SMARTS) is 1. The number of aromatic hydroxyl groups is 1. The highest BCUT2D eigenvalue weighted by Gasteiger charge is 2.12. The second-order valence-electron chi connectivity index (χ2n) is 3.93. The van der Waals surface area contributed by atoms with Crippen LogP contribution < -0.4 is 4.74 Å². The minimum Gasteiger partial charge on any atom is -0.508 e. The van der Waals surface area contributed by atoms with E-state index < -0.39 is 5.97 Å². The summed E-state index contributed by atoms with van der Waals surface area (Å²) in [5.41, 5.74) is 0.666. The predicted octanol–water partition coefficient (Wildman–Crippen LogP) is 1.89. The normalized spacial score (nSPS) is 10.4. The van der Waals surface area contributed by atoms with Crippen LogP contribution in [0.1, 0.15) is 23.1 Å². The van der Waals surface area contributed by atoms with E-state index in [-0.39, 0.29) is 18.1 Å². The van der Waals surface area contributed by atoms with Crippen LogP contribution in [-0.2, 0) is 13.2 Å². The summed E-state index contributed by atoms with van der Waals surface area (Å²) in [5, 5.41) is 22.1. The molecule has 6 nitrogen and oxygen atoms in total. The molecule has 0 amide bonds. The quantitative estimate of drug-likeness (QED) is 0.859. The summed E-state index contributed by atoms with van der Waals surface area (Å²) in [4.78, 5) is 10.9. The summed E-state index contributed by atoms with van der Waals surface area (Å²) in [7, 11) is 0. The Labute approximate surface area is 109 Å². The van der Waals surface area contributed by atoms with Gasteiger partial charge in [-0.3, -0.25) is 4.68 Å². The molecule has 0 saturated heterocycles. The molecule has 100 valence electrons. The van der Waals surface area contributed by atoms with Crippen LogP contribution in [0.5, 0.6) is 11.5 Å². The second-order valence-corrected chi connectivity index (χ2v) is 3.93. The van der Waals surface area contributed by atoms with Crippen molar-refractivity contribution in [3.63, 3.8) is 0 Å². The zero-order valence-corrected chi connectivity index (χ0v) is 10.4. The fourth-order valence-electron chi connectivity index (χ4n) is 1.68. The number of aryl methyl sites for hydroxylation is 1. The molecule has 0 unspecified atom stereocenters. The summed E-state index contributed by atoms with van der Waals surface area (Å²) in [5.74, 6) is -0.431. The maximum Gasteiger partial charge on any atom is 0.356 e. The van der Waals surface area contributed by atoms with Gasteiger partial charge in [0, 0.05) is 12.6 Å². The molecule has 0 aliphatic carbocycles. The largest absolute Gasteiger partial charge is 0.508 e. The molecule has 0 aliphatic heterocycles. The summed E-state index contributed by atoms with van der Waals surface area (Å²) < 4.78 is 7.07. The van der Waals surface area contributed by atoms with Gasteiger partial charge in [-0.2, -0.15) is 5.10 Å². The number of phenolic OH excluding ortho intramolecular Hbond substituents is 1. The zero-order chi connectivity index (χ0) is 13.8. The number of benzene rings is 1. The monoisotopic (exact) mass is 262 g/mol. The maximum atomic E-state index is 10.9. The standard InChI is InChI=1S/C13H14N2O4/c1-2-15-9(6-12(14-15)13(17)18)8-19-11-5-3-4-10(16)7-11/h3-7,16H,2,8H2,1H3,(H,17,18). The molecule has 2 rings (SSSR count). The smallest absolute Gasteiger partial charge is 0.356 e. The first-order valence-corrected chi connectivity index (χ1v) is 5.82. The fourth-order valence-corrected chi connectivity index (χ4v) is 1.68. The minimum atomic E-state index is -1.06. The highest BCUT2D eigenvalue weighted by molar-refractivity contribution is 5.85. The van der Waals surface area contributed by atoms with Gasteiger partial charge in [0.15, 0.2) is 5.69 Å². The van der Waals surface area contributed by atoms with Crippen molar-refractivity contribution in [2.75, 3.05) is 0 Å². The van der Waals surface area contributed by atoms with Gasteiger partial charge in [-0.25, -0.2) is 4.79 Å². The minimum absolute atomic E-state index is 0.00337. The Morgan fingerprint density at radius 2 is 2.21 bits per heavy atom. The van der Waals surface area contributed by atoms with Crippen molar-refractivity contribution >= 4 is 5.97 Å². The lowest BCUT2D eigenvalue weighted by Crippen LogP contribution is -2.06. The number of phenols is 1. The van der Waals surface area contributed by atoms with Gasteiger partial charge in [0.05, 0.1) is 5.69 Å². The average molecular weight is 262 g/mol. The molecule has 6 heteroatoms. The van der Waals surface area contributed by atoms with Crippen LogP contribution in [0.2, 0.25) is 0 Å².